The summed E-state index contributed by atoms with van der Waals surface area (Å²) in [6.07, 6.45) is 0. The van der Waals surface area contributed by atoms with Crippen molar-refractivity contribution in [1.29, 1.82) is 0 Å². The molecule has 162 valence electrons. The second-order valence-electron chi connectivity index (χ2n) is 8.41. The highest BCUT2D eigenvalue weighted by Gasteiger charge is 2.46. The SMILES string of the molecule is Cc1ccc(N2C(=O)C(=O)/C(=C(\O)c3ccc4ccccc4c3)C2c2ccccc2)cc1C. The van der Waals surface area contributed by atoms with E-state index in [-0.39, 0.29) is 11.3 Å². The third-order valence-corrected chi connectivity index (χ3v) is 6.35. The van der Waals surface area contributed by atoms with Gasteiger partial charge in [0, 0.05) is 11.3 Å². The molecule has 0 radical (unpaired) electrons. The smallest absolute Gasteiger partial charge is 0.300 e. The van der Waals surface area contributed by atoms with Gasteiger partial charge in [-0.25, -0.2) is 0 Å². The highest BCUT2D eigenvalue weighted by atomic mass is 16.3. The number of anilines is 1. The van der Waals surface area contributed by atoms with Gasteiger partial charge < -0.3 is 5.11 Å². The molecule has 0 saturated carbocycles. The molecular weight excluding hydrogens is 410 g/mol. The highest BCUT2D eigenvalue weighted by Crippen LogP contribution is 2.42. The zero-order valence-electron chi connectivity index (χ0n) is 18.4. The first kappa shape index (κ1) is 20.7. The summed E-state index contributed by atoms with van der Waals surface area (Å²) in [6, 6.07) is 27.7. The number of fused-ring (bicyclic) bond motifs is 1. The molecule has 1 aliphatic heterocycles. The molecule has 1 atom stereocenters. The maximum atomic E-state index is 13.3. The second kappa shape index (κ2) is 8.06. The standard InChI is InChI=1S/C29H23NO3/c1-18-12-15-24(16-19(18)2)30-26(21-9-4-3-5-10-21)25(28(32)29(30)33)27(31)23-14-13-20-8-6-7-11-22(20)17-23/h3-17,26,31H,1-2H3/b27-25-. The monoisotopic (exact) mass is 433 g/mol. The molecule has 4 nitrogen and oxygen atoms in total. The van der Waals surface area contributed by atoms with Gasteiger partial charge >= 0.3 is 0 Å². The first-order valence-electron chi connectivity index (χ1n) is 10.9. The number of Topliss-reactive ketones (excluding diaryl/α,β-unsaturated/α-hetero) is 1. The average Bonchev–Trinajstić information content (AvgIpc) is 3.11. The Morgan fingerprint density at radius 3 is 2.18 bits per heavy atom. The van der Waals surface area contributed by atoms with Crippen LogP contribution in [0.4, 0.5) is 5.69 Å². The van der Waals surface area contributed by atoms with Crippen LogP contribution in [-0.4, -0.2) is 16.8 Å². The van der Waals surface area contributed by atoms with E-state index in [1.807, 2.05) is 98.8 Å². The zero-order valence-corrected chi connectivity index (χ0v) is 18.4. The van der Waals surface area contributed by atoms with E-state index in [4.69, 9.17) is 0 Å². The van der Waals surface area contributed by atoms with Gasteiger partial charge in [0.05, 0.1) is 11.6 Å². The summed E-state index contributed by atoms with van der Waals surface area (Å²) in [5.74, 6) is -1.50. The van der Waals surface area contributed by atoms with Crippen LogP contribution in [-0.2, 0) is 9.59 Å². The molecule has 0 aliphatic carbocycles. The van der Waals surface area contributed by atoms with E-state index in [9.17, 15) is 14.7 Å². The van der Waals surface area contributed by atoms with Gasteiger partial charge in [-0.3, -0.25) is 14.5 Å². The number of hydrogen-bond donors (Lipinski definition) is 1. The molecule has 33 heavy (non-hydrogen) atoms. The first-order chi connectivity index (χ1) is 16.0. The fourth-order valence-electron chi connectivity index (χ4n) is 4.42. The number of aliphatic hydroxyl groups excluding tert-OH is 1. The van der Waals surface area contributed by atoms with E-state index in [1.165, 1.54) is 4.90 Å². The quantitative estimate of drug-likeness (QED) is 0.242. The predicted molar refractivity (Wildman–Crippen MR) is 131 cm³/mol. The van der Waals surface area contributed by atoms with E-state index >= 15 is 0 Å². The van der Waals surface area contributed by atoms with Crippen molar-refractivity contribution >= 4 is 33.9 Å². The number of nitrogens with zero attached hydrogens (tertiary/aromatic N) is 1. The molecule has 5 rings (SSSR count). The number of ketones is 1. The Morgan fingerprint density at radius 2 is 1.45 bits per heavy atom. The number of aryl methyl sites for hydroxylation is 2. The van der Waals surface area contributed by atoms with Crippen LogP contribution < -0.4 is 4.90 Å². The van der Waals surface area contributed by atoms with Crippen LogP contribution >= 0.6 is 0 Å². The summed E-state index contributed by atoms with van der Waals surface area (Å²) in [4.78, 5) is 28.1. The van der Waals surface area contributed by atoms with Crippen molar-refractivity contribution in [3.05, 3.63) is 119 Å². The fraction of sp³-hybridized carbons (Fsp3) is 0.103. The summed E-state index contributed by atoms with van der Waals surface area (Å²) in [7, 11) is 0. The lowest BCUT2D eigenvalue weighted by atomic mass is 9.94. The van der Waals surface area contributed by atoms with Crippen LogP contribution in [0.1, 0.15) is 28.3 Å². The Kier molecular flexibility index (Phi) is 5.06. The van der Waals surface area contributed by atoms with Gasteiger partial charge in [0.15, 0.2) is 0 Å². The zero-order chi connectivity index (χ0) is 23.1. The van der Waals surface area contributed by atoms with Crippen LogP contribution in [0.2, 0.25) is 0 Å². The van der Waals surface area contributed by atoms with Gasteiger partial charge in [-0.2, -0.15) is 0 Å². The molecule has 4 aromatic rings. The van der Waals surface area contributed by atoms with Crippen molar-refractivity contribution < 1.29 is 14.7 Å². The topological polar surface area (TPSA) is 57.6 Å². The van der Waals surface area contributed by atoms with Crippen molar-refractivity contribution in [1.82, 2.24) is 0 Å². The Bertz CT molecular complexity index is 1440. The van der Waals surface area contributed by atoms with Crippen molar-refractivity contribution in [3.63, 3.8) is 0 Å². The number of carbonyl (C=O) groups is 2. The minimum absolute atomic E-state index is 0.0970. The van der Waals surface area contributed by atoms with Crippen LogP contribution in [0.15, 0.2) is 96.6 Å². The molecule has 4 aromatic carbocycles. The minimum Gasteiger partial charge on any atom is -0.507 e. The summed E-state index contributed by atoms with van der Waals surface area (Å²) < 4.78 is 0. The van der Waals surface area contributed by atoms with Gasteiger partial charge in [0.1, 0.15) is 5.76 Å². The molecule has 1 heterocycles. The number of hydrogen-bond acceptors (Lipinski definition) is 3. The Balaban J connectivity index is 1.73. The Labute approximate surface area is 192 Å². The highest BCUT2D eigenvalue weighted by molar-refractivity contribution is 6.51. The maximum absolute atomic E-state index is 13.3. The van der Waals surface area contributed by atoms with E-state index in [0.717, 1.165) is 27.5 Å². The molecule has 1 unspecified atom stereocenters. The largest absolute Gasteiger partial charge is 0.507 e. The van der Waals surface area contributed by atoms with Crippen LogP contribution in [0.25, 0.3) is 16.5 Å². The predicted octanol–water partition coefficient (Wildman–Crippen LogP) is 6.08. The van der Waals surface area contributed by atoms with E-state index in [2.05, 4.69) is 0 Å². The fourth-order valence-corrected chi connectivity index (χ4v) is 4.42. The van der Waals surface area contributed by atoms with E-state index in [0.29, 0.717) is 11.3 Å². The van der Waals surface area contributed by atoms with Gasteiger partial charge in [0.25, 0.3) is 11.7 Å². The molecule has 0 aromatic heterocycles. The summed E-state index contributed by atoms with van der Waals surface area (Å²) in [5.41, 5.74) is 4.12. The van der Waals surface area contributed by atoms with Gasteiger partial charge in [0.2, 0.25) is 0 Å². The molecular formula is C29H23NO3. The van der Waals surface area contributed by atoms with Crippen molar-refractivity contribution in [2.24, 2.45) is 0 Å². The van der Waals surface area contributed by atoms with Gasteiger partial charge in [-0.05, 0) is 59.5 Å². The lowest BCUT2D eigenvalue weighted by Crippen LogP contribution is -2.29. The minimum atomic E-state index is -0.722. The first-order valence-corrected chi connectivity index (χ1v) is 10.9. The number of rotatable bonds is 3. The Hall–Kier alpha value is -4.18. The molecule has 1 fully saturated rings. The summed E-state index contributed by atoms with van der Waals surface area (Å²) in [6.45, 7) is 3.98. The average molecular weight is 434 g/mol. The molecule has 1 saturated heterocycles. The second-order valence-corrected chi connectivity index (χ2v) is 8.41. The van der Waals surface area contributed by atoms with Gasteiger partial charge in [-0.1, -0.05) is 72.8 Å². The lowest BCUT2D eigenvalue weighted by Gasteiger charge is -2.26. The van der Waals surface area contributed by atoms with Gasteiger partial charge in [-0.15, -0.1) is 0 Å². The summed E-state index contributed by atoms with van der Waals surface area (Å²) in [5, 5.41) is 13.3. The molecule has 4 heteroatoms. The maximum Gasteiger partial charge on any atom is 0.300 e. The number of carbonyl (C=O) groups excluding carboxylic acids is 2. The van der Waals surface area contributed by atoms with E-state index < -0.39 is 17.7 Å². The number of aliphatic hydroxyl groups is 1. The van der Waals surface area contributed by atoms with Crippen LogP contribution in [0.3, 0.4) is 0 Å². The Morgan fingerprint density at radius 1 is 0.758 bits per heavy atom. The molecule has 1 aliphatic rings. The number of amides is 1. The third kappa shape index (κ3) is 3.50. The van der Waals surface area contributed by atoms with Crippen molar-refractivity contribution in [3.8, 4) is 0 Å². The van der Waals surface area contributed by atoms with E-state index in [1.54, 1.807) is 6.07 Å². The van der Waals surface area contributed by atoms with Crippen LogP contribution in [0, 0.1) is 13.8 Å². The third-order valence-electron chi connectivity index (χ3n) is 6.35. The van der Waals surface area contributed by atoms with Crippen molar-refractivity contribution in [2.75, 3.05) is 4.90 Å². The normalized spacial score (nSPS) is 17.6. The van der Waals surface area contributed by atoms with Crippen molar-refractivity contribution in [2.45, 2.75) is 19.9 Å². The lowest BCUT2D eigenvalue weighted by molar-refractivity contribution is -0.132. The molecule has 1 amide bonds. The number of benzene rings is 4. The molecule has 1 N–H and O–H groups in total. The molecule has 0 bridgehead atoms. The van der Waals surface area contributed by atoms with Crippen LogP contribution in [0.5, 0.6) is 0 Å². The molecule has 0 spiro atoms. The summed E-state index contributed by atoms with van der Waals surface area (Å²) >= 11 is 0.